The van der Waals surface area contributed by atoms with E-state index in [0.717, 1.165) is 18.4 Å². The van der Waals surface area contributed by atoms with Crippen molar-refractivity contribution in [1.29, 1.82) is 0 Å². The molecule has 0 aliphatic heterocycles. The summed E-state index contributed by atoms with van der Waals surface area (Å²) in [7, 11) is -1.44. The molecule has 21 heavy (non-hydrogen) atoms. The summed E-state index contributed by atoms with van der Waals surface area (Å²) < 4.78 is 25.2. The molecule has 0 aliphatic carbocycles. The van der Waals surface area contributed by atoms with Gasteiger partial charge in [-0.05, 0) is 36.0 Å². The monoisotopic (exact) mass is 323 g/mol. The number of rotatable bonds is 7. The zero-order valence-electron chi connectivity index (χ0n) is 12.4. The number of sulfone groups is 1. The Bertz CT molecular complexity index is 646. The van der Waals surface area contributed by atoms with Crippen molar-refractivity contribution >= 4 is 21.2 Å². The molecule has 0 aliphatic rings. The first kappa shape index (κ1) is 16.2. The fourth-order valence-corrected chi connectivity index (χ4v) is 4.95. The van der Waals surface area contributed by atoms with Gasteiger partial charge in [-0.25, -0.2) is 8.42 Å². The van der Waals surface area contributed by atoms with Crippen LogP contribution in [0.3, 0.4) is 0 Å². The summed E-state index contributed by atoms with van der Waals surface area (Å²) >= 11 is 1.27. The lowest BCUT2D eigenvalue weighted by Gasteiger charge is -2.16. The van der Waals surface area contributed by atoms with Gasteiger partial charge in [-0.1, -0.05) is 43.7 Å². The minimum absolute atomic E-state index is 0.0805. The van der Waals surface area contributed by atoms with E-state index in [2.05, 4.69) is 24.4 Å². The summed E-state index contributed by atoms with van der Waals surface area (Å²) in [5, 5.41) is 4.91. The van der Waals surface area contributed by atoms with Crippen LogP contribution in [0.15, 0.2) is 46.0 Å². The standard InChI is InChI=1S/C16H21NO2S2/c1-3-5-13-7-9-14(10-8-13)15(17-2)12-21(18,19)16-6-4-11-20-16/h4,6-11,15,17H,3,5,12H2,1-2H3. The maximum Gasteiger partial charge on any atom is 0.189 e. The van der Waals surface area contributed by atoms with E-state index in [1.807, 2.05) is 12.1 Å². The average molecular weight is 323 g/mol. The molecule has 0 bridgehead atoms. The summed E-state index contributed by atoms with van der Waals surface area (Å²) in [5.74, 6) is 0.0805. The van der Waals surface area contributed by atoms with E-state index in [9.17, 15) is 8.42 Å². The highest BCUT2D eigenvalue weighted by atomic mass is 32.2. The molecule has 1 heterocycles. The maximum absolute atomic E-state index is 12.4. The molecule has 1 aromatic carbocycles. The van der Waals surface area contributed by atoms with Gasteiger partial charge in [0.05, 0.1) is 5.75 Å². The normalized spacial score (nSPS) is 13.2. The van der Waals surface area contributed by atoms with Crippen LogP contribution in [-0.4, -0.2) is 21.2 Å². The van der Waals surface area contributed by atoms with Crippen LogP contribution in [-0.2, 0) is 16.3 Å². The molecule has 1 unspecified atom stereocenters. The van der Waals surface area contributed by atoms with Gasteiger partial charge in [-0.2, -0.15) is 0 Å². The molecule has 0 saturated carbocycles. The molecule has 1 N–H and O–H groups in total. The minimum Gasteiger partial charge on any atom is -0.312 e. The number of thiophene rings is 1. The van der Waals surface area contributed by atoms with Crippen molar-refractivity contribution in [3.05, 3.63) is 52.9 Å². The van der Waals surface area contributed by atoms with E-state index in [4.69, 9.17) is 0 Å². The molecule has 1 aromatic heterocycles. The van der Waals surface area contributed by atoms with Crippen molar-refractivity contribution in [2.45, 2.75) is 30.0 Å². The van der Waals surface area contributed by atoms with Gasteiger partial charge in [0, 0.05) is 6.04 Å². The van der Waals surface area contributed by atoms with Crippen molar-refractivity contribution in [3.63, 3.8) is 0 Å². The Balaban J connectivity index is 2.16. The average Bonchev–Trinajstić information content (AvgIpc) is 3.01. The van der Waals surface area contributed by atoms with Gasteiger partial charge in [-0.3, -0.25) is 0 Å². The van der Waals surface area contributed by atoms with Crippen molar-refractivity contribution in [2.75, 3.05) is 12.8 Å². The fraction of sp³-hybridized carbons (Fsp3) is 0.375. The van der Waals surface area contributed by atoms with Crippen molar-refractivity contribution in [3.8, 4) is 0 Å². The van der Waals surface area contributed by atoms with Gasteiger partial charge >= 0.3 is 0 Å². The van der Waals surface area contributed by atoms with E-state index < -0.39 is 9.84 Å². The van der Waals surface area contributed by atoms with Crippen molar-refractivity contribution in [2.24, 2.45) is 0 Å². The predicted molar refractivity (Wildman–Crippen MR) is 88.6 cm³/mol. The Morgan fingerprint density at radius 3 is 2.43 bits per heavy atom. The summed E-state index contributed by atoms with van der Waals surface area (Å²) in [6.07, 6.45) is 2.17. The van der Waals surface area contributed by atoms with Gasteiger partial charge in [0.15, 0.2) is 9.84 Å². The minimum atomic E-state index is -3.24. The van der Waals surface area contributed by atoms with E-state index >= 15 is 0 Å². The van der Waals surface area contributed by atoms with E-state index in [1.54, 1.807) is 24.6 Å². The molecule has 0 spiro atoms. The van der Waals surface area contributed by atoms with Crippen LogP contribution in [0.5, 0.6) is 0 Å². The number of nitrogens with one attached hydrogen (secondary N) is 1. The van der Waals surface area contributed by atoms with Crippen molar-refractivity contribution < 1.29 is 8.42 Å². The third kappa shape index (κ3) is 4.15. The van der Waals surface area contributed by atoms with E-state index in [0.29, 0.717) is 4.21 Å². The first-order valence-electron chi connectivity index (χ1n) is 7.09. The molecule has 0 amide bonds. The molecule has 0 saturated heterocycles. The Kier molecular flexibility index (Phi) is 5.56. The lowest BCUT2D eigenvalue weighted by atomic mass is 10.0. The Hall–Kier alpha value is -1.17. The van der Waals surface area contributed by atoms with Crippen molar-refractivity contribution in [1.82, 2.24) is 5.32 Å². The predicted octanol–water partition coefficient (Wildman–Crippen LogP) is 3.44. The van der Waals surface area contributed by atoms with Crippen LogP contribution in [0.4, 0.5) is 0 Å². The van der Waals surface area contributed by atoms with Gasteiger partial charge in [0.2, 0.25) is 0 Å². The smallest absolute Gasteiger partial charge is 0.189 e. The van der Waals surface area contributed by atoms with Crippen LogP contribution in [0.25, 0.3) is 0 Å². The van der Waals surface area contributed by atoms with Gasteiger partial charge in [0.1, 0.15) is 4.21 Å². The summed E-state index contributed by atoms with van der Waals surface area (Å²) in [6.45, 7) is 2.15. The third-order valence-electron chi connectivity index (χ3n) is 3.46. The van der Waals surface area contributed by atoms with Crippen LogP contribution in [0.2, 0.25) is 0 Å². The van der Waals surface area contributed by atoms with Gasteiger partial charge in [0.25, 0.3) is 0 Å². The van der Waals surface area contributed by atoms with Crippen LogP contribution < -0.4 is 5.32 Å². The lowest BCUT2D eigenvalue weighted by Crippen LogP contribution is -2.25. The zero-order chi connectivity index (χ0) is 15.3. The fourth-order valence-electron chi connectivity index (χ4n) is 2.29. The second-order valence-electron chi connectivity index (χ2n) is 5.05. The summed E-state index contributed by atoms with van der Waals surface area (Å²) in [5.41, 5.74) is 2.30. The van der Waals surface area contributed by atoms with Crippen LogP contribution in [0.1, 0.15) is 30.5 Å². The molecule has 2 aromatic rings. The number of aryl methyl sites for hydroxylation is 1. The first-order chi connectivity index (χ1) is 10.1. The first-order valence-corrected chi connectivity index (χ1v) is 9.62. The molecule has 0 fully saturated rings. The zero-order valence-corrected chi connectivity index (χ0v) is 14.0. The molecular formula is C16H21NO2S2. The maximum atomic E-state index is 12.4. The van der Waals surface area contributed by atoms with Crippen LogP contribution >= 0.6 is 11.3 Å². The Labute approximate surface area is 130 Å². The molecule has 114 valence electrons. The topological polar surface area (TPSA) is 46.2 Å². The van der Waals surface area contributed by atoms with Crippen LogP contribution in [0, 0.1) is 0 Å². The lowest BCUT2D eigenvalue weighted by molar-refractivity contribution is 0.576. The highest BCUT2D eigenvalue weighted by Gasteiger charge is 2.22. The van der Waals surface area contributed by atoms with Gasteiger partial charge < -0.3 is 5.32 Å². The summed E-state index contributed by atoms with van der Waals surface area (Å²) in [4.78, 5) is 0. The quantitative estimate of drug-likeness (QED) is 0.849. The highest BCUT2D eigenvalue weighted by Crippen LogP contribution is 2.23. The molecule has 5 heteroatoms. The molecular weight excluding hydrogens is 302 g/mol. The molecule has 1 atom stereocenters. The summed E-state index contributed by atoms with van der Waals surface area (Å²) in [6, 6.07) is 11.5. The number of benzene rings is 1. The van der Waals surface area contributed by atoms with E-state index in [1.165, 1.54) is 16.9 Å². The SMILES string of the molecule is CCCc1ccc(C(CS(=O)(=O)c2cccs2)NC)cc1. The third-order valence-corrected chi connectivity index (χ3v) is 6.69. The van der Waals surface area contributed by atoms with Gasteiger partial charge in [-0.15, -0.1) is 11.3 Å². The van der Waals surface area contributed by atoms with E-state index in [-0.39, 0.29) is 11.8 Å². The second kappa shape index (κ2) is 7.20. The Morgan fingerprint density at radius 2 is 1.90 bits per heavy atom. The molecule has 3 nitrogen and oxygen atoms in total. The largest absolute Gasteiger partial charge is 0.312 e. The highest BCUT2D eigenvalue weighted by molar-refractivity contribution is 7.93. The molecule has 2 rings (SSSR count). The molecule has 0 radical (unpaired) electrons. The number of hydrogen-bond acceptors (Lipinski definition) is 4. The second-order valence-corrected chi connectivity index (χ2v) is 8.26. The Morgan fingerprint density at radius 1 is 1.19 bits per heavy atom. The number of hydrogen-bond donors (Lipinski definition) is 1.